The molecule has 0 atom stereocenters. The summed E-state index contributed by atoms with van der Waals surface area (Å²) in [5.41, 5.74) is 3.06. The highest BCUT2D eigenvalue weighted by Gasteiger charge is 2.01. The molecule has 3 rings (SSSR count). The molecule has 0 aliphatic heterocycles. The number of hydrazone groups is 1. The molecular weight excluding hydrogens is 244 g/mol. The fourth-order valence-electron chi connectivity index (χ4n) is 1.66. The van der Waals surface area contributed by atoms with Gasteiger partial charge in [-0.2, -0.15) is 5.10 Å². The van der Waals surface area contributed by atoms with E-state index in [4.69, 9.17) is 4.42 Å². The number of para-hydroxylation sites is 1. The van der Waals surface area contributed by atoms with E-state index in [-0.39, 0.29) is 11.5 Å². The van der Waals surface area contributed by atoms with Gasteiger partial charge in [-0.05, 0) is 24.3 Å². The molecule has 2 aromatic heterocycles. The van der Waals surface area contributed by atoms with Crippen LogP contribution < -0.4 is 11.0 Å². The summed E-state index contributed by atoms with van der Waals surface area (Å²) in [5.74, 6) is 0.891. The first-order valence-electron chi connectivity index (χ1n) is 5.64. The van der Waals surface area contributed by atoms with Crippen molar-refractivity contribution in [2.75, 3.05) is 5.43 Å². The molecule has 0 fully saturated rings. The number of aromatic nitrogens is 2. The van der Waals surface area contributed by atoms with Crippen LogP contribution in [0.2, 0.25) is 0 Å². The normalized spacial score (nSPS) is 11.2. The molecule has 2 heterocycles. The Hall–Kier alpha value is -2.89. The van der Waals surface area contributed by atoms with Gasteiger partial charge in [0.15, 0.2) is 0 Å². The second-order valence-electron chi connectivity index (χ2n) is 3.82. The molecular formula is C13H10N4O2. The van der Waals surface area contributed by atoms with Gasteiger partial charge in [-0.25, -0.2) is 10.4 Å². The summed E-state index contributed by atoms with van der Waals surface area (Å²) in [6.07, 6.45) is 3.05. The molecule has 0 saturated heterocycles. The van der Waals surface area contributed by atoms with Gasteiger partial charge in [-0.1, -0.05) is 12.1 Å². The zero-order valence-electron chi connectivity index (χ0n) is 9.83. The third-order valence-corrected chi connectivity index (χ3v) is 2.52. The minimum absolute atomic E-state index is 0.207. The molecule has 3 aromatic rings. The van der Waals surface area contributed by atoms with Crippen LogP contribution in [0.1, 0.15) is 5.76 Å². The zero-order valence-corrected chi connectivity index (χ0v) is 9.83. The number of benzene rings is 1. The SMILES string of the molecule is O=c1[nH]c(N/N=C\c2ccco2)nc2ccccc12. The molecule has 0 saturated carbocycles. The lowest BCUT2D eigenvalue weighted by Gasteiger charge is -2.00. The summed E-state index contributed by atoms with van der Waals surface area (Å²) >= 11 is 0. The number of rotatable bonds is 3. The summed E-state index contributed by atoms with van der Waals surface area (Å²) < 4.78 is 5.08. The molecule has 1 aromatic carbocycles. The topological polar surface area (TPSA) is 83.3 Å². The van der Waals surface area contributed by atoms with E-state index in [0.29, 0.717) is 16.7 Å². The lowest BCUT2D eigenvalue weighted by Crippen LogP contribution is -2.10. The van der Waals surface area contributed by atoms with Crippen LogP contribution in [0.5, 0.6) is 0 Å². The minimum Gasteiger partial charge on any atom is -0.463 e. The van der Waals surface area contributed by atoms with E-state index in [0.717, 1.165) is 0 Å². The Labute approximate surface area is 107 Å². The van der Waals surface area contributed by atoms with Gasteiger partial charge in [0.25, 0.3) is 5.56 Å². The smallest absolute Gasteiger partial charge is 0.260 e. The van der Waals surface area contributed by atoms with Gasteiger partial charge in [0.05, 0.1) is 23.4 Å². The predicted molar refractivity (Wildman–Crippen MR) is 72.3 cm³/mol. The van der Waals surface area contributed by atoms with Crippen molar-refractivity contribution in [1.29, 1.82) is 0 Å². The molecule has 19 heavy (non-hydrogen) atoms. The maximum atomic E-state index is 11.8. The van der Waals surface area contributed by atoms with Gasteiger partial charge in [0.2, 0.25) is 5.95 Å². The summed E-state index contributed by atoms with van der Waals surface area (Å²) in [6, 6.07) is 10.6. The van der Waals surface area contributed by atoms with Crippen LogP contribution >= 0.6 is 0 Å². The summed E-state index contributed by atoms with van der Waals surface area (Å²) in [7, 11) is 0. The van der Waals surface area contributed by atoms with Crippen molar-refractivity contribution < 1.29 is 4.42 Å². The van der Waals surface area contributed by atoms with E-state index in [2.05, 4.69) is 20.5 Å². The second-order valence-corrected chi connectivity index (χ2v) is 3.82. The van der Waals surface area contributed by atoms with Crippen molar-refractivity contribution in [3.05, 3.63) is 58.8 Å². The van der Waals surface area contributed by atoms with Gasteiger partial charge >= 0.3 is 0 Å². The first-order valence-corrected chi connectivity index (χ1v) is 5.64. The highest BCUT2D eigenvalue weighted by molar-refractivity contribution is 5.79. The Morgan fingerprint density at radius 1 is 1.26 bits per heavy atom. The maximum absolute atomic E-state index is 11.8. The van der Waals surface area contributed by atoms with Crippen molar-refractivity contribution in [1.82, 2.24) is 9.97 Å². The number of aromatic amines is 1. The van der Waals surface area contributed by atoms with Crippen LogP contribution in [0, 0.1) is 0 Å². The Balaban J connectivity index is 1.87. The van der Waals surface area contributed by atoms with Gasteiger partial charge in [-0.15, -0.1) is 0 Å². The first-order chi connectivity index (χ1) is 9.33. The minimum atomic E-state index is -0.207. The van der Waals surface area contributed by atoms with Crippen LogP contribution in [0.3, 0.4) is 0 Å². The number of anilines is 1. The molecule has 6 heteroatoms. The maximum Gasteiger partial charge on any atom is 0.260 e. The van der Waals surface area contributed by atoms with Gasteiger partial charge in [0.1, 0.15) is 5.76 Å². The van der Waals surface area contributed by atoms with Crippen molar-refractivity contribution in [3.8, 4) is 0 Å². The van der Waals surface area contributed by atoms with E-state index in [9.17, 15) is 4.79 Å². The number of hydrogen-bond donors (Lipinski definition) is 2. The third kappa shape index (κ3) is 2.37. The van der Waals surface area contributed by atoms with Gasteiger partial charge in [-0.3, -0.25) is 9.78 Å². The highest BCUT2D eigenvalue weighted by atomic mass is 16.3. The molecule has 0 bridgehead atoms. The average molecular weight is 254 g/mol. The summed E-state index contributed by atoms with van der Waals surface area (Å²) in [4.78, 5) is 18.6. The number of nitrogens with one attached hydrogen (secondary N) is 2. The van der Waals surface area contributed by atoms with Crippen molar-refractivity contribution >= 4 is 23.1 Å². The van der Waals surface area contributed by atoms with E-state index in [1.165, 1.54) is 6.21 Å². The van der Waals surface area contributed by atoms with Gasteiger partial charge in [0, 0.05) is 0 Å². The van der Waals surface area contributed by atoms with Crippen molar-refractivity contribution in [2.45, 2.75) is 0 Å². The van der Waals surface area contributed by atoms with Crippen LogP contribution in [0.25, 0.3) is 10.9 Å². The Bertz CT molecular complexity index is 775. The largest absolute Gasteiger partial charge is 0.463 e. The van der Waals surface area contributed by atoms with Crippen LogP contribution in [0.4, 0.5) is 5.95 Å². The lowest BCUT2D eigenvalue weighted by molar-refractivity contribution is 0.560. The van der Waals surface area contributed by atoms with E-state index in [1.807, 2.05) is 6.07 Å². The number of nitrogens with zero attached hydrogens (tertiary/aromatic N) is 2. The Morgan fingerprint density at radius 3 is 3.00 bits per heavy atom. The number of H-pyrrole nitrogens is 1. The molecule has 0 unspecified atom stereocenters. The van der Waals surface area contributed by atoms with Crippen molar-refractivity contribution in [3.63, 3.8) is 0 Å². The zero-order chi connectivity index (χ0) is 13.1. The molecule has 6 nitrogen and oxygen atoms in total. The average Bonchev–Trinajstić information content (AvgIpc) is 2.92. The molecule has 0 radical (unpaired) electrons. The molecule has 0 amide bonds. The standard InChI is InChI=1S/C13H10N4O2/c18-12-10-5-1-2-6-11(10)15-13(16-12)17-14-8-9-4-3-7-19-9/h1-8H,(H2,15,16,17,18)/b14-8-. The lowest BCUT2D eigenvalue weighted by atomic mass is 10.2. The summed E-state index contributed by atoms with van der Waals surface area (Å²) in [6.45, 7) is 0. The highest BCUT2D eigenvalue weighted by Crippen LogP contribution is 2.07. The van der Waals surface area contributed by atoms with Crippen LogP contribution in [0.15, 0.2) is 57.0 Å². The van der Waals surface area contributed by atoms with E-state index in [1.54, 1.807) is 36.6 Å². The third-order valence-electron chi connectivity index (χ3n) is 2.52. The van der Waals surface area contributed by atoms with Crippen molar-refractivity contribution in [2.24, 2.45) is 5.10 Å². The number of hydrogen-bond acceptors (Lipinski definition) is 5. The van der Waals surface area contributed by atoms with E-state index < -0.39 is 0 Å². The molecule has 0 aliphatic carbocycles. The molecule has 0 spiro atoms. The van der Waals surface area contributed by atoms with E-state index >= 15 is 0 Å². The molecule has 0 aliphatic rings. The predicted octanol–water partition coefficient (Wildman–Crippen LogP) is 1.96. The van der Waals surface area contributed by atoms with Crippen LogP contribution in [-0.4, -0.2) is 16.2 Å². The molecule has 2 N–H and O–H groups in total. The van der Waals surface area contributed by atoms with Gasteiger partial charge < -0.3 is 4.42 Å². The summed E-state index contributed by atoms with van der Waals surface area (Å²) in [5, 5.41) is 4.48. The Kier molecular flexibility index (Phi) is 2.82. The fraction of sp³-hybridized carbons (Fsp3) is 0. The Morgan fingerprint density at radius 2 is 2.16 bits per heavy atom. The quantitative estimate of drug-likeness (QED) is 0.553. The fourth-order valence-corrected chi connectivity index (χ4v) is 1.66. The van der Waals surface area contributed by atoms with Crippen LogP contribution in [-0.2, 0) is 0 Å². The number of fused-ring (bicyclic) bond motifs is 1. The monoisotopic (exact) mass is 254 g/mol. The second kappa shape index (κ2) is 4.77. The first kappa shape index (κ1) is 11.2. The molecule has 94 valence electrons. The number of furan rings is 1.